The average Bonchev–Trinajstić information content (AvgIpc) is 2.94. The van der Waals surface area contributed by atoms with Crippen molar-refractivity contribution in [2.45, 2.75) is 20.4 Å². The predicted molar refractivity (Wildman–Crippen MR) is 108 cm³/mol. The second kappa shape index (κ2) is 8.76. The van der Waals surface area contributed by atoms with Crippen LogP contribution >= 0.6 is 27.5 Å². The van der Waals surface area contributed by atoms with Crippen molar-refractivity contribution < 1.29 is 13.9 Å². The van der Waals surface area contributed by atoms with Gasteiger partial charge in [-0.3, -0.25) is 0 Å². The lowest BCUT2D eigenvalue weighted by Crippen LogP contribution is -2.12. The van der Waals surface area contributed by atoms with E-state index in [0.717, 1.165) is 10.0 Å². The smallest absolute Gasteiger partial charge is 0.249 e. The number of aromatic nitrogens is 2. The predicted octanol–water partition coefficient (Wildman–Crippen LogP) is 5.89. The summed E-state index contributed by atoms with van der Waals surface area (Å²) < 4.78 is 28.4. The van der Waals surface area contributed by atoms with E-state index in [1.54, 1.807) is 19.1 Å². The van der Waals surface area contributed by atoms with Crippen LogP contribution in [0.15, 0.2) is 46.9 Å². The second-order valence-electron chi connectivity index (χ2n) is 5.92. The van der Waals surface area contributed by atoms with Crippen LogP contribution < -0.4 is 9.47 Å². The molecule has 0 bridgehead atoms. The number of halogens is 3. The SMILES string of the molecule is CCOc1c(F)c(-c2cccc(C)c2)nn1CCOc1ccc(Br)cc1Cl. The molecule has 2 aromatic carbocycles. The van der Waals surface area contributed by atoms with Gasteiger partial charge in [0.2, 0.25) is 11.7 Å². The lowest BCUT2D eigenvalue weighted by molar-refractivity contribution is 0.253. The summed E-state index contributed by atoms with van der Waals surface area (Å²) in [7, 11) is 0. The molecule has 0 spiro atoms. The molecule has 3 aromatic rings. The molecule has 0 amide bonds. The van der Waals surface area contributed by atoms with Crippen molar-refractivity contribution in [3.05, 3.63) is 63.3 Å². The van der Waals surface area contributed by atoms with Gasteiger partial charge in [0.15, 0.2) is 0 Å². The van der Waals surface area contributed by atoms with Crippen LogP contribution in [0.25, 0.3) is 11.3 Å². The molecular weight excluding hydrogens is 435 g/mol. The number of hydrogen-bond acceptors (Lipinski definition) is 3. The maximum absolute atomic E-state index is 14.9. The molecule has 0 unspecified atom stereocenters. The summed E-state index contributed by atoms with van der Waals surface area (Å²) in [5, 5.41) is 4.91. The average molecular weight is 454 g/mol. The van der Waals surface area contributed by atoms with E-state index in [1.807, 2.05) is 37.3 Å². The van der Waals surface area contributed by atoms with Crippen LogP contribution in [0.1, 0.15) is 12.5 Å². The van der Waals surface area contributed by atoms with Crippen LogP contribution in [0.4, 0.5) is 4.39 Å². The van der Waals surface area contributed by atoms with Crippen LogP contribution in [0, 0.1) is 12.7 Å². The summed E-state index contributed by atoms with van der Waals surface area (Å²) in [6, 6.07) is 12.9. The van der Waals surface area contributed by atoms with Gasteiger partial charge in [-0.1, -0.05) is 51.3 Å². The van der Waals surface area contributed by atoms with Crippen molar-refractivity contribution in [2.75, 3.05) is 13.2 Å². The van der Waals surface area contributed by atoms with Gasteiger partial charge in [0.25, 0.3) is 0 Å². The van der Waals surface area contributed by atoms with Gasteiger partial charge in [-0.15, -0.1) is 0 Å². The highest BCUT2D eigenvalue weighted by Gasteiger charge is 2.20. The van der Waals surface area contributed by atoms with Crippen molar-refractivity contribution in [3.63, 3.8) is 0 Å². The van der Waals surface area contributed by atoms with Crippen LogP contribution in [0.3, 0.4) is 0 Å². The quantitative estimate of drug-likeness (QED) is 0.447. The summed E-state index contributed by atoms with van der Waals surface area (Å²) in [5.74, 6) is 0.202. The molecule has 3 rings (SSSR count). The third-order valence-electron chi connectivity index (χ3n) is 3.88. The van der Waals surface area contributed by atoms with Crippen molar-refractivity contribution in [1.82, 2.24) is 9.78 Å². The lowest BCUT2D eigenvalue weighted by Gasteiger charge is -2.10. The Morgan fingerprint density at radius 1 is 1.19 bits per heavy atom. The highest BCUT2D eigenvalue weighted by atomic mass is 79.9. The topological polar surface area (TPSA) is 36.3 Å². The third-order valence-corrected chi connectivity index (χ3v) is 4.67. The number of hydrogen-bond donors (Lipinski definition) is 0. The number of rotatable bonds is 7. The Labute approximate surface area is 171 Å². The monoisotopic (exact) mass is 452 g/mol. The highest BCUT2D eigenvalue weighted by Crippen LogP contribution is 2.30. The molecule has 0 saturated heterocycles. The van der Waals surface area contributed by atoms with E-state index >= 15 is 0 Å². The molecule has 142 valence electrons. The molecule has 0 aliphatic carbocycles. The van der Waals surface area contributed by atoms with E-state index in [1.165, 1.54) is 4.68 Å². The largest absolute Gasteiger partial charge is 0.490 e. The molecule has 0 radical (unpaired) electrons. The molecule has 0 atom stereocenters. The Balaban J connectivity index is 1.80. The lowest BCUT2D eigenvalue weighted by atomic mass is 10.1. The van der Waals surface area contributed by atoms with Crippen molar-refractivity contribution >= 4 is 27.5 Å². The van der Waals surface area contributed by atoms with Gasteiger partial charge in [-0.05, 0) is 38.1 Å². The van der Waals surface area contributed by atoms with Gasteiger partial charge in [0, 0.05) is 10.0 Å². The summed E-state index contributed by atoms with van der Waals surface area (Å²) in [5.41, 5.74) is 2.01. The van der Waals surface area contributed by atoms with Crippen molar-refractivity contribution in [1.29, 1.82) is 0 Å². The zero-order valence-electron chi connectivity index (χ0n) is 15.0. The fourth-order valence-electron chi connectivity index (χ4n) is 2.66. The van der Waals surface area contributed by atoms with E-state index in [0.29, 0.717) is 29.5 Å². The van der Waals surface area contributed by atoms with Crippen LogP contribution in [-0.4, -0.2) is 23.0 Å². The highest BCUT2D eigenvalue weighted by molar-refractivity contribution is 9.10. The molecule has 0 aliphatic heterocycles. The fourth-order valence-corrected chi connectivity index (χ4v) is 3.39. The fraction of sp³-hybridized carbons (Fsp3) is 0.250. The molecule has 0 fully saturated rings. The zero-order chi connectivity index (χ0) is 19.4. The van der Waals surface area contributed by atoms with Gasteiger partial charge in [-0.2, -0.15) is 9.49 Å². The number of ether oxygens (including phenoxy) is 2. The first-order valence-electron chi connectivity index (χ1n) is 8.53. The van der Waals surface area contributed by atoms with Crippen LogP contribution in [0.5, 0.6) is 11.6 Å². The Hall–Kier alpha value is -2.05. The van der Waals surface area contributed by atoms with Crippen molar-refractivity contribution in [3.8, 4) is 22.9 Å². The maximum Gasteiger partial charge on any atom is 0.249 e. The number of benzene rings is 2. The summed E-state index contributed by atoms with van der Waals surface area (Å²) in [6.45, 7) is 4.70. The minimum Gasteiger partial charge on any atom is -0.490 e. The molecule has 0 saturated carbocycles. The Morgan fingerprint density at radius 3 is 2.70 bits per heavy atom. The van der Waals surface area contributed by atoms with Crippen molar-refractivity contribution in [2.24, 2.45) is 0 Å². The normalized spacial score (nSPS) is 10.9. The molecular formula is C20H19BrClFN2O2. The molecule has 0 N–H and O–H groups in total. The minimum absolute atomic E-state index is 0.111. The molecule has 27 heavy (non-hydrogen) atoms. The summed E-state index contributed by atoms with van der Waals surface area (Å²) in [6.07, 6.45) is 0. The maximum atomic E-state index is 14.9. The molecule has 1 heterocycles. The van der Waals surface area contributed by atoms with Crippen LogP contribution in [-0.2, 0) is 6.54 Å². The van der Waals surface area contributed by atoms with E-state index < -0.39 is 5.82 Å². The first-order chi connectivity index (χ1) is 13.0. The van der Waals surface area contributed by atoms with E-state index in [9.17, 15) is 4.39 Å². The summed E-state index contributed by atoms with van der Waals surface area (Å²) >= 11 is 9.51. The third kappa shape index (κ3) is 4.62. The van der Waals surface area contributed by atoms with Gasteiger partial charge < -0.3 is 9.47 Å². The van der Waals surface area contributed by atoms with E-state index in [2.05, 4.69) is 21.0 Å². The Bertz CT molecular complexity index is 946. The molecule has 4 nitrogen and oxygen atoms in total. The Morgan fingerprint density at radius 2 is 2.00 bits per heavy atom. The first kappa shape index (κ1) is 19.7. The second-order valence-corrected chi connectivity index (χ2v) is 7.24. The number of aryl methyl sites for hydroxylation is 1. The van der Waals surface area contributed by atoms with Gasteiger partial charge >= 0.3 is 0 Å². The first-order valence-corrected chi connectivity index (χ1v) is 9.70. The Kier molecular flexibility index (Phi) is 6.39. The zero-order valence-corrected chi connectivity index (χ0v) is 17.3. The molecule has 1 aromatic heterocycles. The van der Waals surface area contributed by atoms with E-state index in [-0.39, 0.29) is 18.2 Å². The molecule has 7 heteroatoms. The van der Waals surface area contributed by atoms with Gasteiger partial charge in [0.05, 0.1) is 18.2 Å². The van der Waals surface area contributed by atoms with Gasteiger partial charge in [-0.25, -0.2) is 4.68 Å². The van der Waals surface area contributed by atoms with Crippen LogP contribution in [0.2, 0.25) is 5.02 Å². The van der Waals surface area contributed by atoms with E-state index in [4.69, 9.17) is 21.1 Å². The molecule has 0 aliphatic rings. The minimum atomic E-state index is -0.468. The standard InChI is InChI=1S/C20H19BrClFN2O2/c1-3-26-20-18(23)19(14-6-4-5-13(2)11-14)24-25(20)9-10-27-17-8-7-15(21)12-16(17)22/h4-8,11-12H,3,9-10H2,1-2H3. The number of nitrogens with zero attached hydrogens (tertiary/aromatic N) is 2. The summed E-state index contributed by atoms with van der Waals surface area (Å²) in [4.78, 5) is 0. The van der Waals surface area contributed by atoms with Gasteiger partial charge in [0.1, 0.15) is 18.1 Å².